The van der Waals surface area contributed by atoms with Crippen molar-refractivity contribution in [2.24, 2.45) is 0 Å². The normalized spacial score (nSPS) is 10.1. The van der Waals surface area contributed by atoms with E-state index in [-0.39, 0.29) is 5.91 Å². The number of nitrogens with one attached hydrogen (secondary N) is 1. The van der Waals surface area contributed by atoms with E-state index in [0.29, 0.717) is 22.8 Å². The zero-order valence-corrected chi connectivity index (χ0v) is 10.6. The number of anilines is 1. The van der Waals surface area contributed by atoms with Crippen LogP contribution in [0.4, 0.5) is 5.69 Å². The number of aryl methyl sites for hydroxylation is 1. The number of ether oxygens (including phenoxy) is 1. The fourth-order valence-corrected chi connectivity index (χ4v) is 1.49. The standard InChI is InChI=1S/C13H12N2O5/c1-8-11(6-14-20-8)13(18)15-9-2-4-10(5-3-9)19-7-12(16)17/h2-6H,7H2,1H3,(H,15,18)(H,16,17). The lowest BCUT2D eigenvalue weighted by Crippen LogP contribution is -2.12. The second kappa shape index (κ2) is 5.87. The van der Waals surface area contributed by atoms with Gasteiger partial charge in [0.1, 0.15) is 17.1 Å². The minimum Gasteiger partial charge on any atom is -0.482 e. The van der Waals surface area contributed by atoms with E-state index in [9.17, 15) is 9.59 Å². The second-order valence-electron chi connectivity index (χ2n) is 3.96. The Morgan fingerprint density at radius 1 is 1.35 bits per heavy atom. The Labute approximate surface area is 114 Å². The number of aliphatic carboxylic acids is 1. The first kappa shape index (κ1) is 13.6. The molecule has 0 atom stereocenters. The second-order valence-corrected chi connectivity index (χ2v) is 3.96. The monoisotopic (exact) mass is 276 g/mol. The molecular weight excluding hydrogens is 264 g/mol. The summed E-state index contributed by atoms with van der Waals surface area (Å²) in [7, 11) is 0. The molecule has 0 saturated heterocycles. The highest BCUT2D eigenvalue weighted by Crippen LogP contribution is 2.17. The van der Waals surface area contributed by atoms with Crippen LogP contribution in [0.25, 0.3) is 0 Å². The van der Waals surface area contributed by atoms with Gasteiger partial charge >= 0.3 is 5.97 Å². The van der Waals surface area contributed by atoms with Crippen LogP contribution in [0.15, 0.2) is 35.0 Å². The van der Waals surface area contributed by atoms with Gasteiger partial charge in [-0.3, -0.25) is 4.79 Å². The number of aromatic nitrogens is 1. The van der Waals surface area contributed by atoms with Crippen LogP contribution >= 0.6 is 0 Å². The number of hydrogen-bond donors (Lipinski definition) is 2. The van der Waals surface area contributed by atoms with Crippen LogP contribution in [0.3, 0.4) is 0 Å². The first-order chi connectivity index (χ1) is 9.56. The highest BCUT2D eigenvalue weighted by Gasteiger charge is 2.12. The molecule has 7 nitrogen and oxygen atoms in total. The molecule has 0 aliphatic carbocycles. The number of hydrogen-bond acceptors (Lipinski definition) is 5. The zero-order valence-electron chi connectivity index (χ0n) is 10.6. The van der Waals surface area contributed by atoms with Gasteiger partial charge in [0.25, 0.3) is 5.91 Å². The fraction of sp³-hybridized carbons (Fsp3) is 0.154. The van der Waals surface area contributed by atoms with Crippen LogP contribution < -0.4 is 10.1 Å². The van der Waals surface area contributed by atoms with Crippen LogP contribution in [-0.2, 0) is 4.79 Å². The van der Waals surface area contributed by atoms with Gasteiger partial charge in [0, 0.05) is 5.69 Å². The van der Waals surface area contributed by atoms with Gasteiger partial charge in [-0.15, -0.1) is 0 Å². The highest BCUT2D eigenvalue weighted by atomic mass is 16.5. The molecule has 0 unspecified atom stereocenters. The van der Waals surface area contributed by atoms with Gasteiger partial charge in [0.05, 0.1) is 6.20 Å². The van der Waals surface area contributed by atoms with Crippen molar-refractivity contribution >= 4 is 17.6 Å². The summed E-state index contributed by atoms with van der Waals surface area (Å²) in [6.45, 7) is 1.23. The van der Waals surface area contributed by atoms with Gasteiger partial charge < -0.3 is 19.7 Å². The van der Waals surface area contributed by atoms with Crippen molar-refractivity contribution in [3.05, 3.63) is 41.8 Å². The Hall–Kier alpha value is -2.83. The predicted octanol–water partition coefficient (Wildman–Crippen LogP) is 1.70. The van der Waals surface area contributed by atoms with E-state index in [1.807, 2.05) is 0 Å². The van der Waals surface area contributed by atoms with Crippen molar-refractivity contribution in [1.82, 2.24) is 5.16 Å². The molecule has 0 saturated carbocycles. The van der Waals surface area contributed by atoms with Crippen LogP contribution in [0.2, 0.25) is 0 Å². The first-order valence-corrected chi connectivity index (χ1v) is 5.73. The number of rotatable bonds is 5. The van der Waals surface area contributed by atoms with Gasteiger partial charge in [-0.2, -0.15) is 0 Å². The van der Waals surface area contributed by atoms with Crippen LogP contribution in [0, 0.1) is 6.92 Å². The SMILES string of the molecule is Cc1oncc1C(=O)Nc1ccc(OCC(=O)O)cc1. The zero-order chi connectivity index (χ0) is 14.5. The van der Waals surface area contributed by atoms with E-state index in [1.54, 1.807) is 31.2 Å². The molecule has 0 spiro atoms. The van der Waals surface area contributed by atoms with Crippen molar-refractivity contribution in [2.45, 2.75) is 6.92 Å². The Balaban J connectivity index is 1.99. The number of nitrogens with zero attached hydrogens (tertiary/aromatic N) is 1. The number of carboxylic acid groups (broad SMARTS) is 1. The lowest BCUT2D eigenvalue weighted by atomic mass is 10.2. The summed E-state index contributed by atoms with van der Waals surface area (Å²) in [4.78, 5) is 22.2. The molecule has 7 heteroatoms. The molecule has 2 rings (SSSR count). The van der Waals surface area contributed by atoms with Gasteiger partial charge in [-0.05, 0) is 31.2 Å². The quantitative estimate of drug-likeness (QED) is 0.861. The minimum atomic E-state index is -1.05. The number of amides is 1. The summed E-state index contributed by atoms with van der Waals surface area (Å²) in [5.41, 5.74) is 0.912. The Bertz CT molecular complexity index is 618. The fourth-order valence-electron chi connectivity index (χ4n) is 1.49. The van der Waals surface area contributed by atoms with E-state index in [2.05, 4.69) is 10.5 Å². The smallest absolute Gasteiger partial charge is 0.341 e. The molecular formula is C13H12N2O5. The molecule has 1 aromatic carbocycles. The molecule has 0 fully saturated rings. The summed E-state index contributed by atoms with van der Waals surface area (Å²) >= 11 is 0. The summed E-state index contributed by atoms with van der Waals surface area (Å²) in [6, 6.07) is 6.36. The van der Waals surface area contributed by atoms with E-state index in [1.165, 1.54) is 6.20 Å². The minimum absolute atomic E-state index is 0.331. The number of carboxylic acids is 1. The Morgan fingerprint density at radius 3 is 2.60 bits per heavy atom. The first-order valence-electron chi connectivity index (χ1n) is 5.73. The molecule has 0 aliphatic rings. The molecule has 0 aliphatic heterocycles. The molecule has 104 valence electrons. The number of carbonyl (C=O) groups is 2. The molecule has 2 N–H and O–H groups in total. The van der Waals surface area contributed by atoms with Gasteiger partial charge in [-0.1, -0.05) is 5.16 Å². The molecule has 1 heterocycles. The molecule has 20 heavy (non-hydrogen) atoms. The third-order valence-corrected chi connectivity index (χ3v) is 2.47. The lowest BCUT2D eigenvalue weighted by molar-refractivity contribution is -0.139. The molecule has 2 aromatic rings. The summed E-state index contributed by atoms with van der Waals surface area (Å²) < 4.78 is 9.79. The molecule has 1 amide bonds. The van der Waals surface area contributed by atoms with E-state index in [4.69, 9.17) is 14.4 Å². The number of benzene rings is 1. The average molecular weight is 276 g/mol. The Morgan fingerprint density at radius 2 is 2.05 bits per heavy atom. The average Bonchev–Trinajstić information content (AvgIpc) is 2.84. The highest BCUT2D eigenvalue weighted by molar-refractivity contribution is 6.04. The van der Waals surface area contributed by atoms with Crippen molar-refractivity contribution in [2.75, 3.05) is 11.9 Å². The van der Waals surface area contributed by atoms with E-state index >= 15 is 0 Å². The van der Waals surface area contributed by atoms with Crippen LogP contribution in [0.5, 0.6) is 5.75 Å². The van der Waals surface area contributed by atoms with Crippen molar-refractivity contribution < 1.29 is 24.0 Å². The molecule has 0 bridgehead atoms. The maximum absolute atomic E-state index is 11.9. The van der Waals surface area contributed by atoms with Crippen LogP contribution in [0.1, 0.15) is 16.1 Å². The Kier molecular flexibility index (Phi) is 3.99. The van der Waals surface area contributed by atoms with Crippen molar-refractivity contribution in [3.8, 4) is 5.75 Å². The van der Waals surface area contributed by atoms with Gasteiger partial charge in [0.15, 0.2) is 6.61 Å². The maximum Gasteiger partial charge on any atom is 0.341 e. The summed E-state index contributed by atoms with van der Waals surface area (Å²) in [5, 5.41) is 14.7. The number of carbonyl (C=O) groups excluding carboxylic acids is 1. The molecule has 0 radical (unpaired) electrons. The lowest BCUT2D eigenvalue weighted by Gasteiger charge is -2.06. The van der Waals surface area contributed by atoms with Gasteiger partial charge in [-0.25, -0.2) is 4.79 Å². The van der Waals surface area contributed by atoms with Crippen molar-refractivity contribution in [1.29, 1.82) is 0 Å². The topological polar surface area (TPSA) is 102 Å². The third kappa shape index (κ3) is 3.35. The summed E-state index contributed by atoms with van der Waals surface area (Å²) in [6.07, 6.45) is 1.34. The van der Waals surface area contributed by atoms with Crippen LogP contribution in [-0.4, -0.2) is 28.7 Å². The maximum atomic E-state index is 11.9. The van der Waals surface area contributed by atoms with E-state index in [0.717, 1.165) is 0 Å². The summed E-state index contributed by atoms with van der Waals surface area (Å²) in [5.74, 6) is -0.538. The largest absolute Gasteiger partial charge is 0.482 e. The van der Waals surface area contributed by atoms with Gasteiger partial charge in [0.2, 0.25) is 0 Å². The third-order valence-electron chi connectivity index (χ3n) is 2.47. The molecule has 1 aromatic heterocycles. The predicted molar refractivity (Wildman–Crippen MR) is 68.8 cm³/mol. The van der Waals surface area contributed by atoms with E-state index < -0.39 is 12.6 Å². The van der Waals surface area contributed by atoms with Crippen molar-refractivity contribution in [3.63, 3.8) is 0 Å².